The molecule has 6 heteroatoms. The fourth-order valence-corrected chi connectivity index (χ4v) is 7.22. The first kappa shape index (κ1) is 24.6. The molecule has 5 nitrogen and oxygen atoms in total. The monoisotopic (exact) mass is 544 g/mol. The van der Waals surface area contributed by atoms with Crippen molar-refractivity contribution in [2.45, 2.75) is 24.4 Å². The average Bonchev–Trinajstić information content (AvgIpc) is 3.45. The second-order valence-corrected chi connectivity index (χ2v) is 11.0. The molecule has 3 heterocycles. The van der Waals surface area contributed by atoms with E-state index in [0.717, 1.165) is 22.4 Å². The molecule has 0 aromatic heterocycles. The van der Waals surface area contributed by atoms with Crippen molar-refractivity contribution >= 4 is 46.0 Å². The van der Waals surface area contributed by atoms with Gasteiger partial charge >= 0.3 is 0 Å². The van der Waals surface area contributed by atoms with Crippen LogP contribution in [0.5, 0.6) is 0 Å². The minimum Gasteiger partial charge on any atom is -0.352 e. The van der Waals surface area contributed by atoms with E-state index in [0.29, 0.717) is 21.8 Å². The van der Waals surface area contributed by atoms with E-state index in [1.54, 1.807) is 48.5 Å². The Morgan fingerprint density at radius 3 is 2.30 bits per heavy atom. The molecular formula is C34H25ClN2O3. The molecule has 1 fully saturated rings. The molecule has 0 unspecified atom stereocenters. The van der Waals surface area contributed by atoms with E-state index in [2.05, 4.69) is 11.4 Å². The molecule has 196 valence electrons. The van der Waals surface area contributed by atoms with Crippen LogP contribution in [0.2, 0.25) is 5.02 Å². The van der Waals surface area contributed by atoms with Crippen LogP contribution in [0.1, 0.15) is 38.8 Å². The molecule has 0 radical (unpaired) electrons. The third kappa shape index (κ3) is 3.24. The highest BCUT2D eigenvalue weighted by Crippen LogP contribution is 2.58. The number of carbonyl (C=O) groups is 3. The summed E-state index contributed by atoms with van der Waals surface area (Å²) >= 11 is 6.59. The molecule has 0 bridgehead atoms. The Bertz CT molecular complexity index is 1750. The number of para-hydroxylation sites is 2. The van der Waals surface area contributed by atoms with Crippen LogP contribution in [-0.4, -0.2) is 29.6 Å². The lowest BCUT2D eigenvalue weighted by Gasteiger charge is -2.39. The number of nitrogens with zero attached hydrogens (tertiary/aromatic N) is 1. The van der Waals surface area contributed by atoms with Crippen LogP contribution in [-0.2, 0) is 10.2 Å². The number of carbonyl (C=O) groups excluding carboxylic acids is 3. The number of hydrogen-bond acceptors (Lipinski definition) is 4. The molecule has 1 spiro atoms. The summed E-state index contributed by atoms with van der Waals surface area (Å²) in [6.45, 7) is 2.01. The minimum absolute atomic E-state index is 0.254. The van der Waals surface area contributed by atoms with Gasteiger partial charge in [-0.05, 0) is 42.3 Å². The zero-order valence-electron chi connectivity index (χ0n) is 21.7. The molecule has 1 N–H and O–H groups in total. The van der Waals surface area contributed by atoms with Gasteiger partial charge in [-0.3, -0.25) is 14.4 Å². The molecule has 7 rings (SSSR count). The topological polar surface area (TPSA) is 66.5 Å². The highest BCUT2D eigenvalue weighted by molar-refractivity contribution is 6.34. The van der Waals surface area contributed by atoms with Crippen LogP contribution in [0.4, 0.5) is 11.4 Å². The van der Waals surface area contributed by atoms with Crippen molar-refractivity contribution in [3.63, 3.8) is 0 Å². The summed E-state index contributed by atoms with van der Waals surface area (Å²) in [6, 6.07) is 29.6. The molecule has 1 saturated heterocycles. The number of anilines is 2. The number of nitrogens with one attached hydrogen (secondary N) is 1. The fourth-order valence-electron chi connectivity index (χ4n) is 6.99. The third-order valence-electron chi connectivity index (χ3n) is 8.63. The maximum absolute atomic E-state index is 14.7. The van der Waals surface area contributed by atoms with Gasteiger partial charge in [0.2, 0.25) is 5.91 Å². The van der Waals surface area contributed by atoms with Gasteiger partial charge in [0, 0.05) is 28.1 Å². The summed E-state index contributed by atoms with van der Waals surface area (Å²) < 4.78 is 0. The van der Waals surface area contributed by atoms with E-state index in [1.807, 2.05) is 66.4 Å². The zero-order valence-corrected chi connectivity index (χ0v) is 22.4. The van der Waals surface area contributed by atoms with Gasteiger partial charge in [-0.1, -0.05) is 96.5 Å². The number of Topliss-reactive ketones (excluding diaryl/α,β-unsaturated/α-hetero) is 2. The summed E-state index contributed by atoms with van der Waals surface area (Å²) in [5.74, 6) is -1.85. The van der Waals surface area contributed by atoms with Gasteiger partial charge in [0.1, 0.15) is 11.5 Å². The van der Waals surface area contributed by atoms with E-state index >= 15 is 0 Å². The number of fused-ring (bicyclic) bond motifs is 6. The number of benzene rings is 4. The molecule has 4 aromatic rings. The van der Waals surface area contributed by atoms with Crippen LogP contribution in [0.25, 0.3) is 5.57 Å². The molecule has 4 aromatic carbocycles. The Kier molecular flexibility index (Phi) is 5.55. The van der Waals surface area contributed by atoms with Crippen molar-refractivity contribution in [1.29, 1.82) is 0 Å². The quantitative estimate of drug-likeness (QED) is 0.294. The normalized spacial score (nSPS) is 24.1. The Balaban J connectivity index is 1.57. The number of rotatable bonds is 4. The van der Waals surface area contributed by atoms with Crippen LogP contribution in [0.3, 0.4) is 0 Å². The fraction of sp³-hybridized carbons (Fsp3) is 0.147. The SMILES string of the molecule is CC1=C[C@@H]2N(c3ccccc31)[C@H](C(=O)c1ccccc1Cl)[C@H](C(=O)c1ccccc1)[C@@]21C(=O)Nc2ccccc21. The maximum Gasteiger partial charge on any atom is 0.238 e. The van der Waals surface area contributed by atoms with Gasteiger partial charge in [0.15, 0.2) is 11.6 Å². The Hall–Kier alpha value is -4.48. The van der Waals surface area contributed by atoms with Gasteiger partial charge in [-0.25, -0.2) is 0 Å². The number of allylic oxidation sites excluding steroid dienone is 1. The molecule has 3 aliphatic heterocycles. The van der Waals surface area contributed by atoms with Crippen molar-refractivity contribution in [3.8, 4) is 0 Å². The highest BCUT2D eigenvalue weighted by Gasteiger charge is 2.70. The number of ketones is 2. The van der Waals surface area contributed by atoms with Gasteiger partial charge in [0.05, 0.1) is 17.0 Å². The summed E-state index contributed by atoms with van der Waals surface area (Å²) in [4.78, 5) is 45.8. The average molecular weight is 545 g/mol. The van der Waals surface area contributed by atoms with Crippen LogP contribution in [0, 0.1) is 5.92 Å². The van der Waals surface area contributed by atoms with Crippen molar-refractivity contribution in [3.05, 3.63) is 136 Å². The van der Waals surface area contributed by atoms with Crippen molar-refractivity contribution in [2.75, 3.05) is 10.2 Å². The number of hydrogen-bond donors (Lipinski definition) is 1. The second-order valence-electron chi connectivity index (χ2n) is 10.6. The van der Waals surface area contributed by atoms with Crippen molar-refractivity contribution in [2.24, 2.45) is 5.92 Å². The van der Waals surface area contributed by atoms with E-state index in [1.165, 1.54) is 0 Å². The Morgan fingerprint density at radius 1 is 0.825 bits per heavy atom. The lowest BCUT2D eigenvalue weighted by Crippen LogP contribution is -2.51. The van der Waals surface area contributed by atoms with E-state index in [-0.39, 0.29) is 17.5 Å². The maximum atomic E-state index is 14.7. The minimum atomic E-state index is -1.35. The largest absolute Gasteiger partial charge is 0.352 e. The van der Waals surface area contributed by atoms with Crippen LogP contribution >= 0.6 is 11.6 Å². The number of halogens is 1. The van der Waals surface area contributed by atoms with Gasteiger partial charge in [-0.15, -0.1) is 0 Å². The van der Waals surface area contributed by atoms with Gasteiger partial charge < -0.3 is 10.2 Å². The first-order chi connectivity index (χ1) is 19.4. The molecular weight excluding hydrogens is 520 g/mol. The van der Waals surface area contributed by atoms with E-state index < -0.39 is 23.4 Å². The Labute approximate surface area is 237 Å². The Morgan fingerprint density at radius 2 is 1.50 bits per heavy atom. The van der Waals surface area contributed by atoms with Gasteiger partial charge in [0.25, 0.3) is 0 Å². The summed E-state index contributed by atoms with van der Waals surface area (Å²) in [6.07, 6.45) is 2.05. The highest BCUT2D eigenvalue weighted by atomic mass is 35.5. The van der Waals surface area contributed by atoms with Crippen LogP contribution < -0.4 is 10.2 Å². The lowest BCUT2D eigenvalue weighted by molar-refractivity contribution is -0.121. The smallest absolute Gasteiger partial charge is 0.238 e. The number of amides is 1. The van der Waals surface area contributed by atoms with E-state index in [9.17, 15) is 14.4 Å². The molecule has 0 aliphatic carbocycles. The molecule has 3 aliphatic rings. The van der Waals surface area contributed by atoms with Crippen molar-refractivity contribution < 1.29 is 14.4 Å². The summed E-state index contributed by atoms with van der Waals surface area (Å²) in [5.41, 5.74) is 3.59. The summed E-state index contributed by atoms with van der Waals surface area (Å²) in [7, 11) is 0. The van der Waals surface area contributed by atoms with Crippen molar-refractivity contribution in [1.82, 2.24) is 0 Å². The third-order valence-corrected chi connectivity index (χ3v) is 8.96. The van der Waals surface area contributed by atoms with Crippen LogP contribution in [0.15, 0.2) is 109 Å². The summed E-state index contributed by atoms with van der Waals surface area (Å²) in [5, 5.41) is 3.37. The zero-order chi connectivity index (χ0) is 27.6. The van der Waals surface area contributed by atoms with E-state index in [4.69, 9.17) is 11.6 Å². The molecule has 0 saturated carbocycles. The predicted octanol–water partition coefficient (Wildman–Crippen LogP) is 6.59. The standard InChI is InChI=1S/C34H25ClN2O3/c1-20-19-28-34(24-15-7-9-17-26(24)36-33(34)40)29(31(38)21-11-3-2-4-12-21)30(32(39)23-14-5-8-16-25(23)35)37(28)27-18-10-6-13-22(20)27/h2-19,28-30H,1H3,(H,36,40)/t28-,29+,30-,34-/m0/s1. The lowest BCUT2D eigenvalue weighted by atomic mass is 9.64. The first-order valence-corrected chi connectivity index (χ1v) is 13.7. The second kappa shape index (κ2) is 9.04. The molecule has 1 amide bonds. The molecule has 4 atom stereocenters. The van der Waals surface area contributed by atoms with Gasteiger partial charge in [-0.2, -0.15) is 0 Å². The molecule has 40 heavy (non-hydrogen) atoms. The first-order valence-electron chi connectivity index (χ1n) is 13.3. The predicted molar refractivity (Wildman–Crippen MR) is 157 cm³/mol.